The Bertz CT molecular complexity index is 1410. The molecule has 0 aliphatic carbocycles. The zero-order valence-corrected chi connectivity index (χ0v) is 38.2. The van der Waals surface area contributed by atoms with Gasteiger partial charge >= 0.3 is 23.9 Å². The Morgan fingerprint density at radius 2 is 0.783 bits per heavy atom. The van der Waals surface area contributed by atoms with Crippen molar-refractivity contribution < 1.29 is 68.0 Å². The smallest absolute Gasteiger partial charge is 0.311 e. The molecule has 0 aliphatic rings. The second-order valence-corrected chi connectivity index (χ2v) is 15.8. The van der Waals surface area contributed by atoms with Gasteiger partial charge in [-0.1, -0.05) is 77.9 Å². The Morgan fingerprint density at radius 1 is 0.483 bits per heavy atom. The first-order chi connectivity index (χ1) is 28.1. The molecule has 0 bridgehead atoms. The molecule has 344 valence electrons. The minimum absolute atomic E-state index is 0.0317. The van der Waals surface area contributed by atoms with Crippen LogP contribution >= 0.6 is 0 Å². The van der Waals surface area contributed by atoms with Crippen molar-refractivity contribution in [2.75, 3.05) is 39.6 Å². The van der Waals surface area contributed by atoms with Gasteiger partial charge in [0.1, 0.15) is 63.3 Å². The number of rotatable bonds is 22. The number of ether oxygens (including phenoxy) is 6. The number of esters is 4. The first kappa shape index (κ1) is 57.9. The summed E-state index contributed by atoms with van der Waals surface area (Å²) in [6, 6.07) is 18.4. The van der Waals surface area contributed by atoms with Crippen molar-refractivity contribution in [3.05, 3.63) is 60.7 Å². The van der Waals surface area contributed by atoms with Crippen LogP contribution in [0.25, 0.3) is 0 Å². The molecular formula is C46H76O14. The molecule has 2 aromatic rings. The van der Waals surface area contributed by atoms with Crippen molar-refractivity contribution in [2.24, 2.45) is 22.7 Å². The maximum Gasteiger partial charge on any atom is 0.311 e. The minimum Gasteiger partial charge on any atom is -0.491 e. The van der Waals surface area contributed by atoms with Crippen LogP contribution in [0.3, 0.4) is 0 Å². The van der Waals surface area contributed by atoms with Crippen LogP contribution in [0.15, 0.2) is 60.7 Å². The van der Waals surface area contributed by atoms with Crippen LogP contribution < -0.4 is 9.47 Å². The molecule has 0 radical (unpaired) electrons. The van der Waals surface area contributed by atoms with Crippen molar-refractivity contribution in [1.82, 2.24) is 0 Å². The molecule has 0 fully saturated rings. The van der Waals surface area contributed by atoms with E-state index in [1.807, 2.05) is 98.7 Å². The normalized spacial score (nSPS) is 13.9. The first-order valence-corrected chi connectivity index (χ1v) is 20.8. The van der Waals surface area contributed by atoms with Crippen molar-refractivity contribution in [3.8, 4) is 11.5 Å². The molecule has 0 spiro atoms. The molecule has 0 saturated heterocycles. The highest BCUT2D eigenvalue weighted by atomic mass is 16.6. The van der Waals surface area contributed by atoms with E-state index in [0.29, 0.717) is 17.9 Å². The molecule has 0 heterocycles. The van der Waals surface area contributed by atoms with Crippen LogP contribution in [-0.4, -0.2) is 108 Å². The van der Waals surface area contributed by atoms with E-state index in [-0.39, 0.29) is 75.4 Å². The molecule has 0 amide bonds. The molecule has 2 rings (SSSR count). The summed E-state index contributed by atoms with van der Waals surface area (Å²) >= 11 is 0. The van der Waals surface area contributed by atoms with Crippen LogP contribution in [0.5, 0.6) is 11.5 Å². The third-order valence-electron chi connectivity index (χ3n) is 9.02. The van der Waals surface area contributed by atoms with Gasteiger partial charge in [-0.15, -0.1) is 0 Å². The molecule has 6 unspecified atom stereocenters. The lowest BCUT2D eigenvalue weighted by Gasteiger charge is -2.21. The summed E-state index contributed by atoms with van der Waals surface area (Å²) in [7, 11) is 0. The molecule has 4 N–H and O–H groups in total. The number of hydrogen-bond donors (Lipinski definition) is 4. The molecule has 2 aromatic carbocycles. The average molecular weight is 853 g/mol. The quantitative estimate of drug-likeness (QED) is 0.0717. The van der Waals surface area contributed by atoms with Crippen molar-refractivity contribution in [1.29, 1.82) is 0 Å². The second-order valence-electron chi connectivity index (χ2n) is 15.8. The summed E-state index contributed by atoms with van der Waals surface area (Å²) < 4.78 is 30.4. The minimum atomic E-state index is -0.822. The zero-order chi connectivity index (χ0) is 46.3. The van der Waals surface area contributed by atoms with E-state index in [4.69, 9.17) is 38.6 Å². The molecule has 60 heavy (non-hydrogen) atoms. The van der Waals surface area contributed by atoms with E-state index in [1.165, 1.54) is 0 Å². The summed E-state index contributed by atoms with van der Waals surface area (Å²) in [5.41, 5.74) is -0.950. The number of carbonyl (C=O) groups excluding carboxylic acids is 4. The number of hydrogen-bond acceptors (Lipinski definition) is 14. The van der Waals surface area contributed by atoms with E-state index in [2.05, 4.69) is 0 Å². The maximum atomic E-state index is 11.7. The molecule has 0 aliphatic heterocycles. The van der Waals surface area contributed by atoms with Crippen LogP contribution in [-0.2, 0) is 38.1 Å². The lowest BCUT2D eigenvalue weighted by molar-refractivity contribution is -0.158. The summed E-state index contributed by atoms with van der Waals surface area (Å²) in [5.74, 6) is 0.122. The van der Waals surface area contributed by atoms with Gasteiger partial charge in [-0.05, 0) is 91.5 Å². The second kappa shape index (κ2) is 32.5. The largest absolute Gasteiger partial charge is 0.491 e. The van der Waals surface area contributed by atoms with Gasteiger partial charge < -0.3 is 48.8 Å². The Kier molecular flexibility index (Phi) is 31.4. The topological polar surface area (TPSA) is 205 Å². The van der Waals surface area contributed by atoms with Crippen LogP contribution in [0.2, 0.25) is 0 Å². The van der Waals surface area contributed by atoms with Crippen molar-refractivity contribution >= 4 is 23.9 Å². The summed E-state index contributed by atoms with van der Waals surface area (Å²) in [5, 5.41) is 36.9. The van der Waals surface area contributed by atoms with Crippen LogP contribution in [0, 0.1) is 22.7 Å². The van der Waals surface area contributed by atoms with Gasteiger partial charge in [-0.25, -0.2) is 0 Å². The molecule has 0 aromatic heterocycles. The van der Waals surface area contributed by atoms with E-state index in [1.54, 1.807) is 45.0 Å². The third-order valence-corrected chi connectivity index (χ3v) is 9.02. The highest BCUT2D eigenvalue weighted by molar-refractivity contribution is 5.76. The van der Waals surface area contributed by atoms with Gasteiger partial charge in [0, 0.05) is 0 Å². The predicted octanol–water partition coefficient (Wildman–Crippen LogP) is 6.72. The Balaban J connectivity index is 0. The van der Waals surface area contributed by atoms with E-state index in [0.717, 1.165) is 19.3 Å². The average Bonchev–Trinajstić information content (AvgIpc) is 3.24. The maximum absolute atomic E-state index is 11.7. The van der Waals surface area contributed by atoms with Gasteiger partial charge in [0.05, 0.1) is 34.9 Å². The van der Waals surface area contributed by atoms with Gasteiger partial charge in [0.2, 0.25) is 0 Å². The Labute approximate surface area is 358 Å². The lowest BCUT2D eigenvalue weighted by Crippen LogP contribution is -2.31. The molecule has 14 nitrogen and oxygen atoms in total. The zero-order valence-electron chi connectivity index (χ0n) is 38.2. The fourth-order valence-corrected chi connectivity index (χ4v) is 3.56. The first-order valence-electron chi connectivity index (χ1n) is 20.8. The number of carbonyl (C=O) groups is 4. The SMILES string of the molecule is CCC(C)(C)C(=O)OCC(C)O.CCC(C)(C)C(=O)OCC(O)COc1ccccc1.CCC(C)C(=O)OCC(C)O.CCC(C)C(=O)OCC(O)COc1ccccc1. The summed E-state index contributed by atoms with van der Waals surface area (Å²) in [6.45, 7) is 22.1. The number of para-hydroxylation sites is 2. The van der Waals surface area contributed by atoms with Crippen LogP contribution in [0.4, 0.5) is 0 Å². The Morgan fingerprint density at radius 3 is 1.10 bits per heavy atom. The number of benzene rings is 2. The summed E-state index contributed by atoms with van der Waals surface area (Å²) in [4.78, 5) is 45.3. The lowest BCUT2D eigenvalue weighted by atomic mass is 9.91. The van der Waals surface area contributed by atoms with Gasteiger partial charge in [0.25, 0.3) is 0 Å². The van der Waals surface area contributed by atoms with E-state index < -0.39 is 35.2 Å². The molecule has 0 saturated carbocycles. The fourth-order valence-electron chi connectivity index (χ4n) is 3.56. The van der Waals surface area contributed by atoms with Crippen LogP contribution in [0.1, 0.15) is 109 Å². The predicted molar refractivity (Wildman–Crippen MR) is 230 cm³/mol. The standard InChI is InChI=1S/C15H22O4.C14H20O4.C9H18O3.C8H16O3/c1-4-15(2,3)14(17)19-11-12(16)10-18-13-8-6-5-7-9-13;1-3-11(2)14(16)18-10-12(15)9-17-13-7-5-4-6-8-13;1-5-9(3,4)8(11)12-6-7(2)10;1-4-6(2)8(10)11-5-7(3)9/h5-9,12,16H,4,10-11H2,1-3H3;4-8,11-12,15H,3,9-10H2,1-2H3;7,10H,5-6H2,1-4H3;6-7,9H,4-5H2,1-3H3. The highest BCUT2D eigenvalue weighted by Gasteiger charge is 2.28. The van der Waals surface area contributed by atoms with E-state index in [9.17, 15) is 29.4 Å². The third kappa shape index (κ3) is 29.1. The Hall–Kier alpha value is -4.24. The van der Waals surface area contributed by atoms with Crippen molar-refractivity contribution in [3.63, 3.8) is 0 Å². The van der Waals surface area contributed by atoms with Gasteiger partial charge in [-0.3, -0.25) is 19.2 Å². The van der Waals surface area contributed by atoms with E-state index >= 15 is 0 Å². The van der Waals surface area contributed by atoms with Gasteiger partial charge in [-0.2, -0.15) is 0 Å². The summed E-state index contributed by atoms with van der Waals surface area (Å²) in [6.07, 6.45) is 0.168. The fraction of sp³-hybridized carbons (Fsp3) is 0.652. The molecule has 14 heteroatoms. The molecule has 6 atom stereocenters. The highest BCUT2D eigenvalue weighted by Crippen LogP contribution is 2.22. The van der Waals surface area contributed by atoms with Crippen molar-refractivity contribution in [2.45, 2.75) is 133 Å². The monoisotopic (exact) mass is 853 g/mol. The molecular weight excluding hydrogens is 776 g/mol. The number of aliphatic hydroxyl groups excluding tert-OH is 4. The number of aliphatic hydroxyl groups is 4. The van der Waals surface area contributed by atoms with Gasteiger partial charge in [0.15, 0.2) is 0 Å².